The van der Waals surface area contributed by atoms with E-state index in [1.165, 1.54) is 7.11 Å². The summed E-state index contributed by atoms with van der Waals surface area (Å²) < 4.78 is 9.99. The smallest absolute Gasteiger partial charge is 0.408 e. The van der Waals surface area contributed by atoms with E-state index in [2.05, 4.69) is 5.32 Å². The van der Waals surface area contributed by atoms with Crippen LogP contribution in [-0.2, 0) is 20.9 Å². The van der Waals surface area contributed by atoms with Crippen molar-refractivity contribution >= 4 is 12.1 Å². The number of benzene rings is 1. The molecule has 3 aliphatic carbocycles. The molecule has 4 rings (SSSR count). The van der Waals surface area contributed by atoms with Crippen molar-refractivity contribution < 1.29 is 19.1 Å². The number of hydrogen-bond acceptors (Lipinski definition) is 4. The number of nitrogens with one attached hydrogen (secondary N) is 1. The SMILES string of the molecule is COC(=O)C(NC(=O)OCc1ccccc1)C12CC(C1)C2. The maximum atomic E-state index is 11.9. The first kappa shape index (κ1) is 13.9. The first-order chi connectivity index (χ1) is 10.1. The summed E-state index contributed by atoms with van der Waals surface area (Å²) in [5.41, 5.74) is 0.816. The molecular formula is C16H19NO4. The molecule has 2 bridgehead atoms. The highest BCUT2D eigenvalue weighted by Gasteiger charge is 2.63. The van der Waals surface area contributed by atoms with Crippen LogP contribution in [0.2, 0.25) is 0 Å². The number of carbonyl (C=O) groups excluding carboxylic acids is 2. The van der Waals surface area contributed by atoms with E-state index in [0.717, 1.165) is 30.7 Å². The predicted octanol–water partition coefficient (Wildman–Crippen LogP) is 2.25. The molecule has 3 saturated carbocycles. The van der Waals surface area contributed by atoms with E-state index < -0.39 is 12.1 Å². The molecule has 5 heteroatoms. The number of hydrogen-bond donors (Lipinski definition) is 1. The summed E-state index contributed by atoms with van der Waals surface area (Å²) in [5, 5.41) is 2.68. The lowest BCUT2D eigenvalue weighted by atomic mass is 9.42. The summed E-state index contributed by atoms with van der Waals surface area (Å²) >= 11 is 0. The highest BCUT2D eigenvalue weighted by Crippen LogP contribution is 2.66. The number of methoxy groups -OCH3 is 1. The van der Waals surface area contributed by atoms with Crippen molar-refractivity contribution in [1.82, 2.24) is 5.32 Å². The molecule has 1 atom stereocenters. The molecular weight excluding hydrogens is 270 g/mol. The van der Waals surface area contributed by atoms with Crippen LogP contribution in [0.1, 0.15) is 24.8 Å². The quantitative estimate of drug-likeness (QED) is 0.844. The fourth-order valence-corrected chi connectivity index (χ4v) is 3.36. The molecule has 5 nitrogen and oxygen atoms in total. The number of amides is 1. The van der Waals surface area contributed by atoms with Gasteiger partial charge in [-0.1, -0.05) is 30.3 Å². The Morgan fingerprint density at radius 1 is 1.29 bits per heavy atom. The van der Waals surface area contributed by atoms with Crippen LogP contribution in [0, 0.1) is 11.3 Å². The van der Waals surface area contributed by atoms with Crippen LogP contribution in [-0.4, -0.2) is 25.2 Å². The maximum absolute atomic E-state index is 11.9. The van der Waals surface area contributed by atoms with Crippen molar-refractivity contribution in [2.45, 2.75) is 31.9 Å². The molecule has 112 valence electrons. The fraction of sp³-hybridized carbons (Fsp3) is 0.500. The Kier molecular flexibility index (Phi) is 3.57. The first-order valence-corrected chi connectivity index (χ1v) is 7.18. The van der Waals surface area contributed by atoms with Crippen LogP contribution in [0.3, 0.4) is 0 Å². The van der Waals surface area contributed by atoms with Crippen molar-refractivity contribution in [2.24, 2.45) is 11.3 Å². The molecule has 3 fully saturated rings. The second-order valence-electron chi connectivity index (χ2n) is 6.00. The van der Waals surface area contributed by atoms with Crippen molar-refractivity contribution in [2.75, 3.05) is 7.11 Å². The number of ether oxygens (including phenoxy) is 2. The van der Waals surface area contributed by atoms with Gasteiger partial charge in [-0.2, -0.15) is 0 Å². The maximum Gasteiger partial charge on any atom is 0.408 e. The van der Waals surface area contributed by atoms with Gasteiger partial charge in [0.1, 0.15) is 12.6 Å². The molecule has 0 aromatic heterocycles. The first-order valence-electron chi connectivity index (χ1n) is 7.18. The van der Waals surface area contributed by atoms with E-state index in [1.807, 2.05) is 30.3 Å². The Morgan fingerprint density at radius 2 is 1.95 bits per heavy atom. The van der Waals surface area contributed by atoms with Crippen molar-refractivity contribution in [1.29, 1.82) is 0 Å². The lowest BCUT2D eigenvalue weighted by Gasteiger charge is -2.64. The molecule has 3 aliphatic rings. The number of rotatable bonds is 5. The third kappa shape index (κ3) is 2.60. The second-order valence-corrected chi connectivity index (χ2v) is 6.00. The average molecular weight is 289 g/mol. The second kappa shape index (κ2) is 5.39. The number of carbonyl (C=O) groups is 2. The monoisotopic (exact) mass is 289 g/mol. The van der Waals surface area contributed by atoms with E-state index in [0.29, 0.717) is 0 Å². The number of alkyl carbamates (subject to hydrolysis) is 1. The molecule has 21 heavy (non-hydrogen) atoms. The van der Waals surface area contributed by atoms with E-state index in [4.69, 9.17) is 9.47 Å². The van der Waals surface area contributed by atoms with Crippen LogP contribution in [0.15, 0.2) is 30.3 Å². The Labute approximate surface area is 123 Å². The van der Waals surface area contributed by atoms with Gasteiger partial charge in [0.15, 0.2) is 0 Å². The average Bonchev–Trinajstić information content (AvgIpc) is 2.41. The standard InChI is InChI=1S/C16H19NO4/c1-20-14(18)13(16-7-12(8-16)9-16)17-15(19)21-10-11-5-3-2-4-6-11/h2-6,12-13H,7-10H2,1H3,(H,17,19). The van der Waals surface area contributed by atoms with Gasteiger partial charge in [-0.3, -0.25) is 0 Å². The van der Waals surface area contributed by atoms with Gasteiger partial charge in [0, 0.05) is 5.41 Å². The van der Waals surface area contributed by atoms with Gasteiger partial charge in [0.25, 0.3) is 0 Å². The summed E-state index contributed by atoms with van der Waals surface area (Å²) in [5.74, 6) is 0.337. The molecule has 1 aromatic rings. The third-order valence-corrected chi connectivity index (χ3v) is 4.61. The van der Waals surface area contributed by atoms with Crippen LogP contribution in [0.5, 0.6) is 0 Å². The highest BCUT2D eigenvalue weighted by atomic mass is 16.6. The van der Waals surface area contributed by atoms with Crippen molar-refractivity contribution in [3.63, 3.8) is 0 Å². The summed E-state index contributed by atoms with van der Waals surface area (Å²) in [6.45, 7) is 0.191. The normalized spacial score (nSPS) is 26.8. The lowest BCUT2D eigenvalue weighted by molar-refractivity contribution is -0.171. The van der Waals surface area contributed by atoms with Crippen molar-refractivity contribution in [3.05, 3.63) is 35.9 Å². The lowest BCUT2D eigenvalue weighted by Crippen LogP contribution is -2.66. The summed E-state index contributed by atoms with van der Waals surface area (Å²) in [4.78, 5) is 23.8. The van der Waals surface area contributed by atoms with E-state index >= 15 is 0 Å². The molecule has 1 aromatic carbocycles. The zero-order chi connectivity index (χ0) is 14.9. The molecule has 1 unspecified atom stereocenters. The van der Waals surface area contributed by atoms with E-state index in [-0.39, 0.29) is 18.0 Å². The Hall–Kier alpha value is -2.04. The van der Waals surface area contributed by atoms with E-state index in [1.54, 1.807) is 0 Å². The van der Waals surface area contributed by atoms with Gasteiger partial charge in [-0.15, -0.1) is 0 Å². The minimum absolute atomic E-state index is 0.0937. The molecule has 0 aliphatic heterocycles. The fourth-order valence-electron chi connectivity index (χ4n) is 3.36. The van der Waals surface area contributed by atoms with Gasteiger partial charge in [0.05, 0.1) is 7.11 Å². The molecule has 0 radical (unpaired) electrons. The molecule has 1 amide bonds. The molecule has 0 spiro atoms. The Bertz CT molecular complexity index is 525. The Balaban J connectivity index is 1.55. The van der Waals surface area contributed by atoms with Gasteiger partial charge in [-0.25, -0.2) is 9.59 Å². The van der Waals surface area contributed by atoms with Crippen LogP contribution >= 0.6 is 0 Å². The minimum Gasteiger partial charge on any atom is -0.467 e. The zero-order valence-electron chi connectivity index (χ0n) is 12.0. The predicted molar refractivity (Wildman–Crippen MR) is 75.3 cm³/mol. The van der Waals surface area contributed by atoms with Crippen LogP contribution in [0.4, 0.5) is 4.79 Å². The van der Waals surface area contributed by atoms with Crippen molar-refractivity contribution in [3.8, 4) is 0 Å². The van der Waals surface area contributed by atoms with Gasteiger partial charge >= 0.3 is 12.1 Å². The minimum atomic E-state index is -0.587. The Morgan fingerprint density at radius 3 is 2.48 bits per heavy atom. The molecule has 0 saturated heterocycles. The van der Waals surface area contributed by atoms with Crippen LogP contribution < -0.4 is 5.32 Å². The van der Waals surface area contributed by atoms with Gasteiger partial charge in [0.2, 0.25) is 0 Å². The molecule has 1 N–H and O–H groups in total. The molecule has 0 heterocycles. The summed E-state index contributed by atoms with van der Waals surface area (Å²) in [7, 11) is 1.35. The van der Waals surface area contributed by atoms with Gasteiger partial charge in [-0.05, 0) is 30.7 Å². The largest absolute Gasteiger partial charge is 0.467 e. The summed E-state index contributed by atoms with van der Waals surface area (Å²) in [6, 6.07) is 8.85. The summed E-state index contributed by atoms with van der Waals surface area (Å²) in [6.07, 6.45) is 2.41. The topological polar surface area (TPSA) is 64.6 Å². The van der Waals surface area contributed by atoms with E-state index in [9.17, 15) is 9.59 Å². The van der Waals surface area contributed by atoms with Crippen LogP contribution in [0.25, 0.3) is 0 Å². The highest BCUT2D eigenvalue weighted by molar-refractivity contribution is 5.82. The van der Waals surface area contributed by atoms with Gasteiger partial charge < -0.3 is 14.8 Å². The third-order valence-electron chi connectivity index (χ3n) is 4.61. The zero-order valence-corrected chi connectivity index (χ0v) is 12.0. The number of esters is 1.